The first-order valence-corrected chi connectivity index (χ1v) is 6.93. The number of thioether (sulfide) groups is 1. The molecule has 17 heavy (non-hydrogen) atoms. The van der Waals surface area contributed by atoms with Crippen LogP contribution in [0.5, 0.6) is 0 Å². The Morgan fingerprint density at radius 2 is 2.29 bits per heavy atom. The van der Waals surface area contributed by atoms with Gasteiger partial charge in [0.05, 0.1) is 11.4 Å². The van der Waals surface area contributed by atoms with Gasteiger partial charge in [-0.1, -0.05) is 6.07 Å². The molecule has 0 fully saturated rings. The van der Waals surface area contributed by atoms with Crippen LogP contribution in [0.15, 0.2) is 24.4 Å². The number of pyridine rings is 1. The summed E-state index contributed by atoms with van der Waals surface area (Å²) in [6, 6.07) is 5.81. The highest BCUT2D eigenvalue weighted by Crippen LogP contribution is 2.08. The molecule has 0 saturated carbocycles. The number of aromatic nitrogens is 1. The number of nitrogens with zero attached hydrogens (tertiary/aromatic N) is 1. The number of carbonyl (C=O) groups is 1. The molecule has 0 radical (unpaired) electrons. The fourth-order valence-electron chi connectivity index (χ4n) is 1.28. The second kappa shape index (κ2) is 9.01. The third-order valence-electron chi connectivity index (χ3n) is 2.16. The highest BCUT2D eigenvalue weighted by atomic mass is 32.2. The molecule has 1 aromatic heterocycles. The summed E-state index contributed by atoms with van der Waals surface area (Å²) in [5.74, 6) is 1.35. The fraction of sp³-hybridized carbons (Fsp3) is 0.500. The summed E-state index contributed by atoms with van der Waals surface area (Å²) in [5.41, 5.74) is 6.37. The first-order valence-electron chi connectivity index (χ1n) is 5.77. The largest absolute Gasteiger partial charge is 0.355 e. The molecular weight excluding hydrogens is 234 g/mol. The van der Waals surface area contributed by atoms with E-state index in [1.165, 1.54) is 0 Å². The summed E-state index contributed by atoms with van der Waals surface area (Å²) >= 11 is 1.58. The van der Waals surface area contributed by atoms with Crippen molar-refractivity contribution in [3.8, 4) is 0 Å². The minimum atomic E-state index is 0.0861. The zero-order valence-corrected chi connectivity index (χ0v) is 10.7. The number of unbranched alkanes of at least 4 members (excludes halogenated alkanes) is 1. The number of hydrogen-bond donors (Lipinski definition) is 2. The van der Waals surface area contributed by atoms with Crippen molar-refractivity contribution in [2.24, 2.45) is 5.73 Å². The normalized spacial score (nSPS) is 10.2. The molecule has 3 N–H and O–H groups in total. The van der Waals surface area contributed by atoms with Gasteiger partial charge in [-0.15, -0.1) is 11.8 Å². The van der Waals surface area contributed by atoms with Crippen molar-refractivity contribution < 1.29 is 4.79 Å². The maximum atomic E-state index is 11.4. The molecule has 0 spiro atoms. The minimum absolute atomic E-state index is 0.0861. The zero-order chi connectivity index (χ0) is 12.3. The average molecular weight is 253 g/mol. The van der Waals surface area contributed by atoms with Crippen LogP contribution in [0.2, 0.25) is 0 Å². The molecule has 0 atom stereocenters. The van der Waals surface area contributed by atoms with E-state index in [2.05, 4.69) is 10.3 Å². The summed E-state index contributed by atoms with van der Waals surface area (Å²) in [5, 5.41) is 2.87. The number of hydrogen-bond acceptors (Lipinski definition) is 4. The van der Waals surface area contributed by atoms with Crippen molar-refractivity contribution in [3.63, 3.8) is 0 Å². The standard InChI is InChI=1S/C12H19N3OS/c13-6-2-4-8-15-12(16)10-17-9-11-5-1-3-7-14-11/h1,3,5,7H,2,4,6,8-10,13H2,(H,15,16). The predicted molar refractivity (Wildman–Crippen MR) is 71.7 cm³/mol. The van der Waals surface area contributed by atoms with E-state index in [9.17, 15) is 4.79 Å². The summed E-state index contributed by atoms with van der Waals surface area (Å²) in [4.78, 5) is 15.6. The fourth-order valence-corrected chi connectivity index (χ4v) is 2.05. The van der Waals surface area contributed by atoms with Gasteiger partial charge in [0.2, 0.25) is 5.91 Å². The predicted octanol–water partition coefficient (Wildman–Crippen LogP) is 1.17. The first kappa shape index (κ1) is 14.0. The van der Waals surface area contributed by atoms with E-state index in [0.717, 1.165) is 30.8 Å². The zero-order valence-electron chi connectivity index (χ0n) is 9.89. The van der Waals surface area contributed by atoms with Gasteiger partial charge in [0.25, 0.3) is 0 Å². The van der Waals surface area contributed by atoms with Crippen molar-refractivity contribution in [2.75, 3.05) is 18.8 Å². The number of amides is 1. The Hall–Kier alpha value is -1.07. The average Bonchev–Trinajstić information content (AvgIpc) is 2.36. The van der Waals surface area contributed by atoms with Crippen LogP contribution in [0.3, 0.4) is 0 Å². The third kappa shape index (κ3) is 6.97. The topological polar surface area (TPSA) is 68.0 Å². The molecule has 94 valence electrons. The van der Waals surface area contributed by atoms with Crippen LogP contribution >= 0.6 is 11.8 Å². The SMILES string of the molecule is NCCCCNC(=O)CSCc1ccccn1. The van der Waals surface area contributed by atoms with E-state index < -0.39 is 0 Å². The second-order valence-corrected chi connectivity index (χ2v) is 4.65. The Labute approximate surface area is 106 Å². The van der Waals surface area contributed by atoms with Gasteiger partial charge in [-0.3, -0.25) is 9.78 Å². The number of nitrogens with two attached hydrogens (primary N) is 1. The van der Waals surface area contributed by atoms with Crippen LogP contribution in [-0.4, -0.2) is 29.7 Å². The smallest absolute Gasteiger partial charge is 0.230 e. The Morgan fingerprint density at radius 3 is 3.00 bits per heavy atom. The van der Waals surface area contributed by atoms with Crippen LogP contribution < -0.4 is 11.1 Å². The maximum Gasteiger partial charge on any atom is 0.230 e. The molecule has 1 heterocycles. The van der Waals surface area contributed by atoms with Crippen LogP contribution in [0.1, 0.15) is 18.5 Å². The monoisotopic (exact) mass is 253 g/mol. The van der Waals surface area contributed by atoms with Crippen molar-refractivity contribution in [3.05, 3.63) is 30.1 Å². The number of carbonyl (C=O) groups excluding carboxylic acids is 1. The first-order chi connectivity index (χ1) is 8.33. The molecule has 0 aromatic carbocycles. The lowest BCUT2D eigenvalue weighted by molar-refractivity contribution is -0.118. The highest BCUT2D eigenvalue weighted by molar-refractivity contribution is 7.99. The van der Waals surface area contributed by atoms with Crippen molar-refractivity contribution in [1.82, 2.24) is 10.3 Å². The quantitative estimate of drug-likeness (QED) is 0.682. The Bertz CT molecular complexity index is 319. The third-order valence-corrected chi connectivity index (χ3v) is 3.13. The van der Waals surface area contributed by atoms with Gasteiger partial charge in [-0.05, 0) is 31.5 Å². The summed E-state index contributed by atoms with van der Waals surface area (Å²) in [6.07, 6.45) is 3.68. The molecular formula is C12H19N3OS. The van der Waals surface area contributed by atoms with Gasteiger partial charge in [-0.2, -0.15) is 0 Å². The van der Waals surface area contributed by atoms with E-state index in [0.29, 0.717) is 12.3 Å². The van der Waals surface area contributed by atoms with Crippen LogP contribution in [0.25, 0.3) is 0 Å². The van der Waals surface area contributed by atoms with Gasteiger partial charge >= 0.3 is 0 Å². The lowest BCUT2D eigenvalue weighted by atomic mass is 10.3. The molecule has 0 aliphatic carbocycles. The van der Waals surface area contributed by atoms with E-state index >= 15 is 0 Å². The van der Waals surface area contributed by atoms with E-state index in [4.69, 9.17) is 5.73 Å². The molecule has 0 unspecified atom stereocenters. The second-order valence-electron chi connectivity index (χ2n) is 3.66. The Balaban J connectivity index is 2.04. The highest BCUT2D eigenvalue weighted by Gasteiger charge is 2.01. The van der Waals surface area contributed by atoms with Gasteiger partial charge in [-0.25, -0.2) is 0 Å². The van der Waals surface area contributed by atoms with E-state index in [1.54, 1.807) is 18.0 Å². The van der Waals surface area contributed by atoms with E-state index in [1.807, 2.05) is 18.2 Å². The summed E-state index contributed by atoms with van der Waals surface area (Å²) in [7, 11) is 0. The van der Waals surface area contributed by atoms with Gasteiger partial charge in [0.1, 0.15) is 0 Å². The van der Waals surface area contributed by atoms with Gasteiger partial charge < -0.3 is 11.1 Å². The summed E-state index contributed by atoms with van der Waals surface area (Å²) in [6.45, 7) is 1.41. The van der Waals surface area contributed by atoms with Crippen molar-refractivity contribution >= 4 is 17.7 Å². The number of rotatable bonds is 8. The summed E-state index contributed by atoms with van der Waals surface area (Å²) < 4.78 is 0. The van der Waals surface area contributed by atoms with Gasteiger partial charge in [0, 0.05) is 18.5 Å². The van der Waals surface area contributed by atoms with Crippen molar-refractivity contribution in [1.29, 1.82) is 0 Å². The molecule has 1 rings (SSSR count). The lowest BCUT2D eigenvalue weighted by Crippen LogP contribution is -2.26. The minimum Gasteiger partial charge on any atom is -0.355 e. The molecule has 0 aliphatic rings. The Morgan fingerprint density at radius 1 is 1.41 bits per heavy atom. The van der Waals surface area contributed by atoms with E-state index in [-0.39, 0.29) is 5.91 Å². The van der Waals surface area contributed by atoms with Crippen molar-refractivity contribution in [2.45, 2.75) is 18.6 Å². The maximum absolute atomic E-state index is 11.4. The molecule has 5 heteroatoms. The molecule has 0 saturated heterocycles. The molecule has 4 nitrogen and oxygen atoms in total. The lowest BCUT2D eigenvalue weighted by Gasteiger charge is -2.04. The van der Waals surface area contributed by atoms with Crippen LogP contribution in [0.4, 0.5) is 0 Å². The molecule has 1 aromatic rings. The van der Waals surface area contributed by atoms with Crippen LogP contribution in [-0.2, 0) is 10.5 Å². The van der Waals surface area contributed by atoms with Gasteiger partial charge in [0.15, 0.2) is 0 Å². The molecule has 1 amide bonds. The molecule has 0 bridgehead atoms. The Kier molecular flexibility index (Phi) is 7.42. The molecule has 0 aliphatic heterocycles. The van der Waals surface area contributed by atoms with Crippen LogP contribution in [0, 0.1) is 0 Å². The number of nitrogens with one attached hydrogen (secondary N) is 1.